The monoisotopic (exact) mass is 223 g/mol. The second kappa shape index (κ2) is 4.88. The molecule has 4 heteroatoms. The van der Waals surface area contributed by atoms with E-state index in [1.165, 1.54) is 0 Å². The van der Waals surface area contributed by atoms with E-state index in [1.807, 2.05) is 25.1 Å². The van der Waals surface area contributed by atoms with Gasteiger partial charge in [0.25, 0.3) is 0 Å². The maximum atomic E-state index is 10.9. The second-order valence-corrected chi connectivity index (χ2v) is 3.80. The van der Waals surface area contributed by atoms with Gasteiger partial charge in [-0.05, 0) is 31.5 Å². The molecule has 1 aromatic carbocycles. The van der Waals surface area contributed by atoms with Gasteiger partial charge in [-0.15, -0.1) is 0 Å². The molecule has 4 nitrogen and oxygen atoms in total. The molecule has 16 heavy (non-hydrogen) atoms. The lowest BCUT2D eigenvalue weighted by atomic mass is 10.1. The number of nitrogens with zero attached hydrogens (tertiary/aromatic N) is 1. The Hall–Kier alpha value is -1.71. The molecule has 0 fully saturated rings. The van der Waals surface area contributed by atoms with Crippen LogP contribution in [0.3, 0.4) is 0 Å². The predicted molar refractivity (Wildman–Crippen MR) is 63.2 cm³/mol. The van der Waals surface area contributed by atoms with Crippen LogP contribution >= 0.6 is 0 Å². The van der Waals surface area contributed by atoms with Gasteiger partial charge in [0, 0.05) is 7.05 Å². The van der Waals surface area contributed by atoms with E-state index in [1.54, 1.807) is 26.0 Å². The maximum absolute atomic E-state index is 10.9. The third-order valence-corrected chi connectivity index (χ3v) is 2.65. The zero-order valence-corrected chi connectivity index (χ0v) is 10.0. The fraction of sp³-hybridized carbons (Fsp3) is 0.417. The van der Waals surface area contributed by atoms with E-state index >= 15 is 0 Å². The molecular formula is C12H17NO3. The van der Waals surface area contributed by atoms with Gasteiger partial charge in [0.15, 0.2) is 0 Å². The number of aliphatic carboxylic acids is 1. The van der Waals surface area contributed by atoms with Crippen LogP contribution in [0.2, 0.25) is 0 Å². The average molecular weight is 223 g/mol. The van der Waals surface area contributed by atoms with Crippen molar-refractivity contribution in [3.8, 4) is 5.75 Å². The number of carbonyl (C=O) groups is 1. The Bertz CT molecular complexity index is 390. The van der Waals surface area contributed by atoms with Gasteiger partial charge in [0.1, 0.15) is 11.8 Å². The number of benzene rings is 1. The SMILES string of the molecule is COc1ccc(C)cc1N(C)[C@@H](C)C(=O)O. The molecular weight excluding hydrogens is 206 g/mol. The first-order valence-electron chi connectivity index (χ1n) is 5.07. The number of carboxylic acid groups (broad SMARTS) is 1. The van der Waals surface area contributed by atoms with Crippen molar-refractivity contribution in [1.82, 2.24) is 0 Å². The van der Waals surface area contributed by atoms with Gasteiger partial charge < -0.3 is 14.7 Å². The Labute approximate surface area is 95.5 Å². The fourth-order valence-electron chi connectivity index (χ4n) is 1.45. The van der Waals surface area contributed by atoms with Gasteiger partial charge in [0.2, 0.25) is 0 Å². The summed E-state index contributed by atoms with van der Waals surface area (Å²) in [5, 5.41) is 8.96. The number of likely N-dealkylation sites (N-methyl/N-ethyl adjacent to an activating group) is 1. The topological polar surface area (TPSA) is 49.8 Å². The quantitative estimate of drug-likeness (QED) is 0.847. The van der Waals surface area contributed by atoms with Gasteiger partial charge in [-0.1, -0.05) is 6.07 Å². The molecule has 0 saturated heterocycles. The van der Waals surface area contributed by atoms with Crippen LogP contribution in [0.25, 0.3) is 0 Å². The summed E-state index contributed by atoms with van der Waals surface area (Å²) in [5.41, 5.74) is 1.86. The lowest BCUT2D eigenvalue weighted by Crippen LogP contribution is -2.36. The molecule has 0 aliphatic carbocycles. The Morgan fingerprint density at radius 3 is 2.62 bits per heavy atom. The van der Waals surface area contributed by atoms with E-state index in [2.05, 4.69) is 0 Å². The highest BCUT2D eigenvalue weighted by molar-refractivity contribution is 5.78. The Morgan fingerprint density at radius 2 is 2.12 bits per heavy atom. The molecule has 0 aromatic heterocycles. The van der Waals surface area contributed by atoms with E-state index in [0.29, 0.717) is 5.75 Å². The van der Waals surface area contributed by atoms with Crippen LogP contribution in [0, 0.1) is 6.92 Å². The fourth-order valence-corrected chi connectivity index (χ4v) is 1.45. The highest BCUT2D eigenvalue weighted by Crippen LogP contribution is 2.29. The van der Waals surface area contributed by atoms with Crippen LogP contribution < -0.4 is 9.64 Å². The van der Waals surface area contributed by atoms with Gasteiger partial charge in [-0.3, -0.25) is 0 Å². The summed E-state index contributed by atoms with van der Waals surface area (Å²) >= 11 is 0. The smallest absolute Gasteiger partial charge is 0.326 e. The van der Waals surface area contributed by atoms with Crippen molar-refractivity contribution in [3.05, 3.63) is 23.8 Å². The summed E-state index contributed by atoms with van der Waals surface area (Å²) in [4.78, 5) is 12.6. The van der Waals surface area contributed by atoms with E-state index in [4.69, 9.17) is 9.84 Å². The number of methoxy groups -OCH3 is 1. The number of ether oxygens (including phenoxy) is 1. The van der Waals surface area contributed by atoms with Crippen LogP contribution in [0.1, 0.15) is 12.5 Å². The molecule has 88 valence electrons. The molecule has 1 rings (SSSR count). The van der Waals surface area contributed by atoms with Gasteiger partial charge in [0.05, 0.1) is 12.8 Å². The van der Waals surface area contributed by atoms with Gasteiger partial charge >= 0.3 is 5.97 Å². The van der Waals surface area contributed by atoms with Crippen LogP contribution in [0.4, 0.5) is 5.69 Å². The average Bonchev–Trinajstić information content (AvgIpc) is 2.26. The molecule has 1 N–H and O–H groups in total. The number of carboxylic acids is 1. The first-order chi connectivity index (χ1) is 7.47. The summed E-state index contributed by atoms with van der Waals surface area (Å²) in [6.07, 6.45) is 0. The molecule has 0 spiro atoms. The third-order valence-electron chi connectivity index (χ3n) is 2.65. The van der Waals surface area contributed by atoms with Gasteiger partial charge in [-0.2, -0.15) is 0 Å². The molecule has 0 radical (unpaired) electrons. The zero-order valence-electron chi connectivity index (χ0n) is 10.0. The Kier molecular flexibility index (Phi) is 3.77. The minimum Gasteiger partial charge on any atom is -0.495 e. The second-order valence-electron chi connectivity index (χ2n) is 3.80. The zero-order chi connectivity index (χ0) is 12.3. The standard InChI is InChI=1S/C12H17NO3/c1-8-5-6-11(16-4)10(7-8)13(3)9(2)12(14)15/h5-7,9H,1-4H3,(H,14,15)/t9-/m0/s1. The first-order valence-corrected chi connectivity index (χ1v) is 5.07. The normalized spacial score (nSPS) is 12.0. The summed E-state index contributed by atoms with van der Waals surface area (Å²) in [6.45, 7) is 3.60. The Balaban J connectivity index is 3.10. The summed E-state index contributed by atoms with van der Waals surface area (Å²) in [7, 11) is 3.32. The van der Waals surface area contributed by atoms with Crippen molar-refractivity contribution >= 4 is 11.7 Å². The summed E-state index contributed by atoms with van der Waals surface area (Å²) in [6, 6.07) is 5.10. The predicted octanol–water partition coefficient (Wildman–Crippen LogP) is 1.91. The third kappa shape index (κ3) is 2.45. The maximum Gasteiger partial charge on any atom is 0.326 e. The molecule has 0 amide bonds. The van der Waals surface area contributed by atoms with Crippen molar-refractivity contribution in [2.75, 3.05) is 19.1 Å². The molecule has 0 bridgehead atoms. The Morgan fingerprint density at radius 1 is 1.50 bits per heavy atom. The number of hydrogen-bond donors (Lipinski definition) is 1. The number of aryl methyl sites for hydroxylation is 1. The van der Waals surface area contributed by atoms with Crippen molar-refractivity contribution in [2.24, 2.45) is 0 Å². The van der Waals surface area contributed by atoms with Gasteiger partial charge in [-0.25, -0.2) is 4.79 Å². The molecule has 0 unspecified atom stereocenters. The van der Waals surface area contributed by atoms with Crippen molar-refractivity contribution in [1.29, 1.82) is 0 Å². The molecule has 0 aliphatic rings. The number of anilines is 1. The van der Waals surface area contributed by atoms with Crippen LogP contribution in [0.15, 0.2) is 18.2 Å². The van der Waals surface area contributed by atoms with Crippen LogP contribution in [-0.2, 0) is 4.79 Å². The minimum atomic E-state index is -0.856. The van der Waals surface area contributed by atoms with Crippen molar-refractivity contribution in [2.45, 2.75) is 19.9 Å². The lowest BCUT2D eigenvalue weighted by molar-refractivity contribution is -0.138. The molecule has 0 heterocycles. The van der Waals surface area contributed by atoms with Crippen LogP contribution in [-0.4, -0.2) is 31.3 Å². The van der Waals surface area contributed by atoms with Crippen molar-refractivity contribution < 1.29 is 14.6 Å². The van der Waals surface area contributed by atoms with E-state index in [0.717, 1.165) is 11.3 Å². The molecule has 1 aromatic rings. The highest BCUT2D eigenvalue weighted by Gasteiger charge is 2.19. The van der Waals surface area contributed by atoms with E-state index < -0.39 is 12.0 Å². The first kappa shape index (κ1) is 12.4. The molecule has 1 atom stereocenters. The summed E-state index contributed by atoms with van der Waals surface area (Å²) < 4.78 is 5.22. The number of hydrogen-bond acceptors (Lipinski definition) is 3. The molecule has 0 aliphatic heterocycles. The van der Waals surface area contributed by atoms with Crippen molar-refractivity contribution in [3.63, 3.8) is 0 Å². The summed E-state index contributed by atoms with van der Waals surface area (Å²) in [5.74, 6) is -0.174. The minimum absolute atomic E-state index is 0.587. The van der Waals surface area contributed by atoms with Crippen LogP contribution in [0.5, 0.6) is 5.75 Å². The van der Waals surface area contributed by atoms with E-state index in [9.17, 15) is 4.79 Å². The lowest BCUT2D eigenvalue weighted by Gasteiger charge is -2.25. The number of rotatable bonds is 4. The largest absolute Gasteiger partial charge is 0.495 e. The highest BCUT2D eigenvalue weighted by atomic mass is 16.5. The molecule has 0 saturated carbocycles. The van der Waals surface area contributed by atoms with E-state index in [-0.39, 0.29) is 0 Å².